The number of carbonyl (C=O) groups excluding carboxylic acids is 1. The average Bonchev–Trinajstić information content (AvgIpc) is 1.85. The summed E-state index contributed by atoms with van der Waals surface area (Å²) in [5.74, 6) is -0.944. The molecule has 0 bridgehead atoms. The summed E-state index contributed by atoms with van der Waals surface area (Å²) in [6, 6.07) is 0. The Bertz CT molecular complexity index is 248. The van der Waals surface area contributed by atoms with Crippen molar-refractivity contribution < 1.29 is 17.8 Å². The first-order valence-electron chi connectivity index (χ1n) is 2.81. The van der Waals surface area contributed by atoms with Crippen molar-refractivity contribution in [2.24, 2.45) is 0 Å². The minimum absolute atomic E-state index is 0. The maximum Gasteiger partial charge on any atom is 0.266 e. The van der Waals surface area contributed by atoms with Crippen LogP contribution in [0.4, 0.5) is 0 Å². The first kappa shape index (κ1) is 14.6. The first-order valence-corrected chi connectivity index (χ1v) is 4.42. The van der Waals surface area contributed by atoms with E-state index in [4.69, 9.17) is 4.55 Å². The zero-order valence-electron chi connectivity index (χ0n) is 6.78. The molecule has 0 aromatic rings. The predicted molar refractivity (Wildman–Crippen MR) is 45.4 cm³/mol. The third-order valence-electron chi connectivity index (χ3n) is 0.845. The number of carbonyl (C=O) groups is 1. The van der Waals surface area contributed by atoms with Crippen LogP contribution in [0, 0.1) is 0 Å². The van der Waals surface area contributed by atoms with Crippen LogP contribution in [0.1, 0.15) is 0 Å². The Labute approximate surface area is 93.3 Å². The molecule has 7 heteroatoms. The number of amides is 1. The zero-order chi connectivity index (χ0) is 8.91. The average molecular weight is 202 g/mol. The Morgan fingerprint density at radius 3 is 2.42 bits per heavy atom. The Hall–Kier alpha value is 0.120. The smallest absolute Gasteiger partial charge is 0.266 e. The summed E-state index contributed by atoms with van der Waals surface area (Å²) < 4.78 is 28.4. The van der Waals surface area contributed by atoms with E-state index in [-0.39, 0.29) is 36.1 Å². The quantitative estimate of drug-likeness (QED) is 0.340. The van der Waals surface area contributed by atoms with E-state index in [0.29, 0.717) is 0 Å². The van der Waals surface area contributed by atoms with Crippen LogP contribution >= 0.6 is 0 Å². The molecule has 0 saturated heterocycles. The molecule has 0 saturated carbocycles. The van der Waals surface area contributed by atoms with E-state index in [1.54, 1.807) is 0 Å². The van der Waals surface area contributed by atoms with E-state index >= 15 is 0 Å². The van der Waals surface area contributed by atoms with Gasteiger partial charge in [0.15, 0.2) is 0 Å². The van der Waals surface area contributed by atoms with E-state index in [9.17, 15) is 13.2 Å². The molecule has 0 spiro atoms. The molecule has 0 unspecified atom stereocenters. The van der Waals surface area contributed by atoms with Crippen molar-refractivity contribution in [2.45, 2.75) is 0 Å². The molecule has 0 heterocycles. The van der Waals surface area contributed by atoms with Gasteiger partial charge in [0, 0.05) is 36.1 Å². The van der Waals surface area contributed by atoms with E-state index in [0.717, 1.165) is 6.08 Å². The normalized spacial score (nSPS) is 9.75. The third kappa shape index (κ3) is 10.1. The predicted octanol–water partition coefficient (Wildman–Crippen LogP) is -1.20. The molecule has 0 aliphatic rings. The van der Waals surface area contributed by atoms with E-state index < -0.39 is 21.8 Å². The molecular weight excluding hydrogens is 193 g/mol. The van der Waals surface area contributed by atoms with Crippen molar-refractivity contribution in [3.63, 3.8) is 0 Å². The van der Waals surface area contributed by atoms with Crippen molar-refractivity contribution in [3.8, 4) is 0 Å². The SMILES string of the molecule is C=CC(=O)NCCS(=O)(=O)O.[Na]. The van der Waals surface area contributed by atoms with E-state index in [1.807, 2.05) is 0 Å². The molecule has 0 rings (SSSR count). The second-order valence-electron chi connectivity index (χ2n) is 1.78. The molecule has 0 aromatic heterocycles. The van der Waals surface area contributed by atoms with Crippen LogP contribution in [0.3, 0.4) is 0 Å². The van der Waals surface area contributed by atoms with Crippen LogP contribution < -0.4 is 5.32 Å². The minimum atomic E-state index is -3.98. The maximum absolute atomic E-state index is 10.4. The molecule has 5 nitrogen and oxygen atoms in total. The summed E-state index contributed by atoms with van der Waals surface area (Å²) in [7, 11) is -3.98. The second kappa shape index (κ2) is 6.62. The van der Waals surface area contributed by atoms with Gasteiger partial charge in [-0.3, -0.25) is 9.35 Å². The number of nitrogens with one attached hydrogen (secondary N) is 1. The van der Waals surface area contributed by atoms with Crippen LogP contribution in [-0.2, 0) is 14.9 Å². The molecule has 0 atom stereocenters. The maximum atomic E-state index is 10.4. The number of hydrogen-bond acceptors (Lipinski definition) is 3. The van der Waals surface area contributed by atoms with Crippen LogP contribution in [0.2, 0.25) is 0 Å². The molecule has 0 fully saturated rings. The van der Waals surface area contributed by atoms with Crippen molar-refractivity contribution in [1.29, 1.82) is 0 Å². The molecular formula is C5H9NNaO4S. The molecule has 0 aliphatic heterocycles. The van der Waals surface area contributed by atoms with Crippen LogP contribution in [-0.4, -0.2) is 60.7 Å². The van der Waals surface area contributed by atoms with Gasteiger partial charge in [-0.05, 0) is 6.08 Å². The van der Waals surface area contributed by atoms with Crippen LogP contribution in [0.25, 0.3) is 0 Å². The summed E-state index contributed by atoms with van der Waals surface area (Å²) >= 11 is 0. The van der Waals surface area contributed by atoms with Gasteiger partial charge in [-0.15, -0.1) is 0 Å². The molecule has 0 aromatic carbocycles. The second-order valence-corrected chi connectivity index (χ2v) is 3.35. The van der Waals surface area contributed by atoms with Gasteiger partial charge in [0.05, 0.1) is 5.75 Å². The summed E-state index contributed by atoms with van der Waals surface area (Å²) in [5.41, 5.74) is 0. The molecule has 1 radical (unpaired) electrons. The van der Waals surface area contributed by atoms with E-state index in [1.165, 1.54) is 0 Å². The fourth-order valence-corrected chi connectivity index (χ4v) is 0.735. The van der Waals surface area contributed by atoms with E-state index in [2.05, 4.69) is 11.9 Å². The Kier molecular flexibility index (Phi) is 8.07. The summed E-state index contributed by atoms with van der Waals surface area (Å²) in [6.07, 6.45) is 1.02. The Morgan fingerprint density at radius 2 is 2.08 bits per heavy atom. The van der Waals surface area contributed by atoms with Crippen LogP contribution in [0.15, 0.2) is 12.7 Å². The fraction of sp³-hybridized carbons (Fsp3) is 0.400. The van der Waals surface area contributed by atoms with Crippen molar-refractivity contribution in [2.75, 3.05) is 12.3 Å². The number of hydrogen-bond donors (Lipinski definition) is 2. The van der Waals surface area contributed by atoms with Gasteiger partial charge < -0.3 is 5.32 Å². The molecule has 12 heavy (non-hydrogen) atoms. The van der Waals surface area contributed by atoms with Gasteiger partial charge in [-0.1, -0.05) is 6.58 Å². The summed E-state index contributed by atoms with van der Waals surface area (Å²) in [5, 5.41) is 2.19. The van der Waals surface area contributed by atoms with Crippen molar-refractivity contribution in [1.82, 2.24) is 5.32 Å². The monoisotopic (exact) mass is 202 g/mol. The Balaban J connectivity index is 0. The summed E-state index contributed by atoms with van der Waals surface area (Å²) in [6.45, 7) is 3.04. The standard InChI is InChI=1S/C5H9NO4S.Na/c1-2-5(7)6-3-4-11(8,9)10;/h2H,1,3-4H2,(H,6,7)(H,8,9,10);. The molecule has 2 N–H and O–H groups in total. The molecule has 0 aliphatic carbocycles. The largest absolute Gasteiger partial charge is 0.351 e. The minimum Gasteiger partial charge on any atom is -0.351 e. The van der Waals surface area contributed by atoms with Gasteiger partial charge in [0.2, 0.25) is 5.91 Å². The van der Waals surface area contributed by atoms with Gasteiger partial charge in [0.25, 0.3) is 10.1 Å². The summed E-state index contributed by atoms with van der Waals surface area (Å²) in [4.78, 5) is 10.4. The van der Waals surface area contributed by atoms with Gasteiger partial charge in [-0.2, -0.15) is 8.42 Å². The zero-order valence-corrected chi connectivity index (χ0v) is 9.60. The Morgan fingerprint density at radius 1 is 1.58 bits per heavy atom. The van der Waals surface area contributed by atoms with Gasteiger partial charge in [0.1, 0.15) is 0 Å². The van der Waals surface area contributed by atoms with Crippen molar-refractivity contribution in [3.05, 3.63) is 12.7 Å². The third-order valence-corrected chi connectivity index (χ3v) is 1.56. The van der Waals surface area contributed by atoms with Crippen molar-refractivity contribution >= 4 is 45.6 Å². The molecule has 65 valence electrons. The number of rotatable bonds is 4. The van der Waals surface area contributed by atoms with Crippen LogP contribution in [0.5, 0.6) is 0 Å². The molecule has 1 amide bonds. The first-order chi connectivity index (χ1) is 4.95. The van der Waals surface area contributed by atoms with Gasteiger partial charge in [-0.25, -0.2) is 0 Å². The fourth-order valence-electron chi connectivity index (χ4n) is 0.375. The van der Waals surface area contributed by atoms with Gasteiger partial charge >= 0.3 is 0 Å². The topological polar surface area (TPSA) is 83.5 Å².